The minimum atomic E-state index is -1.51. The van der Waals surface area contributed by atoms with E-state index in [0.717, 1.165) is 0 Å². The van der Waals surface area contributed by atoms with Crippen molar-refractivity contribution in [2.24, 2.45) is 0 Å². The highest BCUT2D eigenvalue weighted by Crippen LogP contribution is 2.17. The van der Waals surface area contributed by atoms with Crippen LogP contribution in [0, 0.1) is 10.1 Å². The van der Waals surface area contributed by atoms with Crippen LogP contribution in [-0.4, -0.2) is 33.1 Å². The number of hydrogen-bond acceptors (Lipinski definition) is 5. The van der Waals surface area contributed by atoms with Crippen molar-refractivity contribution in [1.29, 1.82) is 0 Å². The second-order valence-electron chi connectivity index (χ2n) is 5.34. The van der Waals surface area contributed by atoms with Gasteiger partial charge in [0.05, 0.1) is 11.3 Å². The van der Waals surface area contributed by atoms with Crippen molar-refractivity contribution in [1.82, 2.24) is 5.32 Å². The SMILES string of the molecule is O=C(Cc1ccc([N+](=O)[O-])cc1)N[C@@H](C(=O)O)[C@@H](O)c1ccccc1. The molecule has 1 amide bonds. The van der Waals surface area contributed by atoms with Gasteiger partial charge in [0, 0.05) is 12.1 Å². The molecule has 2 aromatic rings. The van der Waals surface area contributed by atoms with E-state index in [0.29, 0.717) is 11.1 Å². The van der Waals surface area contributed by atoms with Gasteiger partial charge in [0.2, 0.25) is 5.91 Å². The summed E-state index contributed by atoms with van der Waals surface area (Å²) in [5.41, 5.74) is 0.749. The van der Waals surface area contributed by atoms with E-state index in [-0.39, 0.29) is 12.1 Å². The number of hydrogen-bond donors (Lipinski definition) is 3. The van der Waals surface area contributed by atoms with Crippen LogP contribution in [0.4, 0.5) is 5.69 Å². The quantitative estimate of drug-likeness (QED) is 0.515. The number of carboxylic acid groups (broad SMARTS) is 1. The number of carbonyl (C=O) groups is 2. The third-order valence-corrected chi connectivity index (χ3v) is 3.55. The maximum absolute atomic E-state index is 12.1. The molecule has 25 heavy (non-hydrogen) atoms. The minimum absolute atomic E-state index is 0.105. The number of rotatable bonds is 7. The van der Waals surface area contributed by atoms with Gasteiger partial charge in [-0.15, -0.1) is 0 Å². The van der Waals surface area contributed by atoms with Crippen molar-refractivity contribution in [3.8, 4) is 0 Å². The van der Waals surface area contributed by atoms with Gasteiger partial charge in [-0.3, -0.25) is 14.9 Å². The average molecular weight is 344 g/mol. The zero-order valence-corrected chi connectivity index (χ0v) is 13.0. The highest BCUT2D eigenvalue weighted by atomic mass is 16.6. The number of nitro benzene ring substituents is 1. The molecule has 0 saturated carbocycles. The lowest BCUT2D eigenvalue weighted by Gasteiger charge is -2.20. The van der Waals surface area contributed by atoms with E-state index >= 15 is 0 Å². The first-order valence-corrected chi connectivity index (χ1v) is 7.37. The Balaban J connectivity index is 2.05. The summed E-state index contributed by atoms with van der Waals surface area (Å²) in [4.78, 5) is 33.5. The number of carboxylic acids is 1. The van der Waals surface area contributed by atoms with Crippen LogP contribution >= 0.6 is 0 Å². The first-order chi connectivity index (χ1) is 11.9. The Labute approximate surface area is 142 Å². The highest BCUT2D eigenvalue weighted by Gasteiger charge is 2.29. The topological polar surface area (TPSA) is 130 Å². The van der Waals surface area contributed by atoms with Crippen molar-refractivity contribution in [3.05, 3.63) is 75.8 Å². The summed E-state index contributed by atoms with van der Waals surface area (Å²) >= 11 is 0. The van der Waals surface area contributed by atoms with E-state index in [4.69, 9.17) is 0 Å². The van der Waals surface area contributed by atoms with Crippen LogP contribution in [0.15, 0.2) is 54.6 Å². The number of nitro groups is 1. The Morgan fingerprint density at radius 2 is 1.68 bits per heavy atom. The maximum atomic E-state index is 12.1. The Hall–Kier alpha value is -3.26. The van der Waals surface area contributed by atoms with Gasteiger partial charge in [-0.2, -0.15) is 0 Å². The number of aliphatic carboxylic acids is 1. The molecule has 0 spiro atoms. The minimum Gasteiger partial charge on any atom is -0.480 e. The van der Waals surface area contributed by atoms with Gasteiger partial charge in [0.25, 0.3) is 5.69 Å². The van der Waals surface area contributed by atoms with Crippen LogP contribution in [0.1, 0.15) is 17.2 Å². The molecule has 2 aromatic carbocycles. The molecule has 0 aromatic heterocycles. The lowest BCUT2D eigenvalue weighted by molar-refractivity contribution is -0.384. The van der Waals surface area contributed by atoms with Gasteiger partial charge in [-0.05, 0) is 11.1 Å². The van der Waals surface area contributed by atoms with Crippen LogP contribution in [0.25, 0.3) is 0 Å². The van der Waals surface area contributed by atoms with Gasteiger partial charge in [-0.1, -0.05) is 42.5 Å². The van der Waals surface area contributed by atoms with Gasteiger partial charge in [0.1, 0.15) is 6.10 Å². The summed E-state index contributed by atoms with van der Waals surface area (Å²) < 4.78 is 0. The van der Waals surface area contributed by atoms with Crippen LogP contribution in [0.5, 0.6) is 0 Å². The molecular formula is C17H16N2O6. The maximum Gasteiger partial charge on any atom is 0.329 e. The van der Waals surface area contributed by atoms with E-state index in [1.807, 2.05) is 0 Å². The van der Waals surface area contributed by atoms with Gasteiger partial charge < -0.3 is 15.5 Å². The van der Waals surface area contributed by atoms with E-state index in [1.54, 1.807) is 30.3 Å². The number of non-ortho nitro benzene ring substituents is 1. The summed E-state index contributed by atoms with van der Waals surface area (Å²) in [6.07, 6.45) is -1.57. The standard InChI is InChI=1S/C17H16N2O6/c20-14(10-11-6-8-13(9-7-11)19(24)25)18-15(17(22)23)16(21)12-4-2-1-3-5-12/h1-9,15-16,21H,10H2,(H,18,20)(H,22,23)/t15-,16+/m1/s1. The van der Waals surface area contributed by atoms with Crippen molar-refractivity contribution >= 4 is 17.6 Å². The zero-order chi connectivity index (χ0) is 18.4. The summed E-state index contributed by atoms with van der Waals surface area (Å²) in [7, 11) is 0. The fourth-order valence-corrected chi connectivity index (χ4v) is 2.26. The van der Waals surface area contributed by atoms with Gasteiger partial charge in [0.15, 0.2) is 6.04 Å². The molecular weight excluding hydrogens is 328 g/mol. The predicted octanol–water partition coefficient (Wildman–Crippen LogP) is 1.44. The second kappa shape index (κ2) is 8.02. The molecule has 0 fully saturated rings. The second-order valence-corrected chi connectivity index (χ2v) is 5.34. The van der Waals surface area contributed by atoms with Gasteiger partial charge >= 0.3 is 5.97 Å². The fourth-order valence-electron chi connectivity index (χ4n) is 2.26. The highest BCUT2D eigenvalue weighted by molar-refractivity contribution is 5.85. The molecule has 2 atom stereocenters. The monoisotopic (exact) mass is 344 g/mol. The number of amides is 1. The number of aliphatic hydroxyl groups is 1. The van der Waals surface area contributed by atoms with E-state index in [2.05, 4.69) is 5.32 Å². The lowest BCUT2D eigenvalue weighted by Crippen LogP contribution is -2.45. The Bertz CT molecular complexity index is 760. The van der Waals surface area contributed by atoms with Crippen molar-refractivity contribution in [3.63, 3.8) is 0 Å². The molecule has 130 valence electrons. The van der Waals surface area contributed by atoms with E-state index in [1.165, 1.54) is 24.3 Å². The molecule has 2 rings (SSSR count). The average Bonchev–Trinajstić information content (AvgIpc) is 2.60. The van der Waals surface area contributed by atoms with Gasteiger partial charge in [-0.25, -0.2) is 4.79 Å². The lowest BCUT2D eigenvalue weighted by atomic mass is 10.0. The Morgan fingerprint density at radius 3 is 2.20 bits per heavy atom. The number of carbonyl (C=O) groups excluding carboxylic acids is 1. The molecule has 0 bridgehead atoms. The van der Waals surface area contributed by atoms with Crippen molar-refractivity contribution in [2.45, 2.75) is 18.6 Å². The molecule has 0 radical (unpaired) electrons. The molecule has 0 heterocycles. The number of aliphatic hydroxyl groups excluding tert-OH is 1. The van der Waals surface area contributed by atoms with Crippen LogP contribution in [0.2, 0.25) is 0 Å². The molecule has 3 N–H and O–H groups in total. The Kier molecular flexibility index (Phi) is 5.80. The largest absolute Gasteiger partial charge is 0.480 e. The fraction of sp³-hybridized carbons (Fsp3) is 0.176. The number of nitrogens with zero attached hydrogens (tertiary/aromatic N) is 1. The molecule has 8 heteroatoms. The summed E-state index contributed by atoms with van der Waals surface area (Å²) in [6.45, 7) is 0. The van der Waals surface area contributed by atoms with E-state index < -0.39 is 28.9 Å². The van der Waals surface area contributed by atoms with Crippen molar-refractivity contribution in [2.75, 3.05) is 0 Å². The number of benzene rings is 2. The summed E-state index contributed by atoms with van der Waals surface area (Å²) in [5, 5.41) is 32.3. The zero-order valence-electron chi connectivity index (χ0n) is 13.0. The van der Waals surface area contributed by atoms with E-state index in [9.17, 15) is 29.9 Å². The Morgan fingerprint density at radius 1 is 1.08 bits per heavy atom. The third kappa shape index (κ3) is 4.85. The third-order valence-electron chi connectivity index (χ3n) is 3.55. The van der Waals surface area contributed by atoms with Crippen LogP contribution < -0.4 is 5.32 Å². The summed E-state index contributed by atoms with van der Waals surface area (Å²) in [6, 6.07) is 12.0. The number of nitrogens with one attached hydrogen (secondary N) is 1. The van der Waals surface area contributed by atoms with Crippen LogP contribution in [0.3, 0.4) is 0 Å². The molecule has 0 unspecified atom stereocenters. The van der Waals surface area contributed by atoms with Crippen LogP contribution in [-0.2, 0) is 16.0 Å². The molecule has 0 saturated heterocycles. The molecule has 0 aliphatic heterocycles. The normalized spacial score (nSPS) is 12.8. The predicted molar refractivity (Wildman–Crippen MR) is 87.8 cm³/mol. The van der Waals surface area contributed by atoms with Crippen molar-refractivity contribution < 1.29 is 24.7 Å². The smallest absolute Gasteiger partial charge is 0.329 e. The summed E-state index contributed by atoms with van der Waals surface area (Å²) in [5.74, 6) is -1.98. The first kappa shape index (κ1) is 18.1. The first-order valence-electron chi connectivity index (χ1n) is 7.37. The molecule has 0 aliphatic carbocycles. The molecule has 0 aliphatic rings. The molecule has 8 nitrogen and oxygen atoms in total.